The molecule has 74 heavy (non-hydrogen) atoms. The first-order valence-corrected chi connectivity index (χ1v) is 39.1. The van der Waals surface area contributed by atoms with Crippen molar-refractivity contribution in [2.75, 3.05) is 24.6 Å². The van der Waals surface area contributed by atoms with E-state index in [0.717, 1.165) is 0 Å². The molecule has 0 radical (unpaired) electrons. The van der Waals surface area contributed by atoms with E-state index >= 15 is 0 Å². The lowest BCUT2D eigenvalue weighted by Crippen LogP contribution is -2.13. The molecule has 0 aromatic carbocycles. The number of rotatable bonds is 69. The van der Waals surface area contributed by atoms with E-state index in [-0.39, 0.29) is 0 Å². The number of unbranched alkanes of at least 4 members (excludes halogenated alkanes) is 61. The van der Waals surface area contributed by atoms with E-state index in [1.54, 1.807) is 50.3 Å². The van der Waals surface area contributed by atoms with Crippen LogP contribution in [0.2, 0.25) is 0 Å². The number of hydrogen-bond acceptors (Lipinski definition) is 0. The van der Waals surface area contributed by atoms with Gasteiger partial charge in [-0.1, -0.05) is 394 Å². The zero-order chi connectivity index (χ0) is 53.3. The lowest BCUT2D eigenvalue weighted by molar-refractivity contribution is 0.528. The highest BCUT2D eigenvalue weighted by molar-refractivity contribution is 7.75. The molecule has 0 nitrogen and oxygen atoms in total. The minimum atomic E-state index is -0.850. The predicted octanol–water partition coefficient (Wildman–Crippen LogP) is 28.4. The summed E-state index contributed by atoms with van der Waals surface area (Å²) in [5, 5.41) is 0. The zero-order valence-electron chi connectivity index (χ0n) is 53.2. The molecule has 0 aromatic heterocycles. The molecule has 0 aromatic rings. The Balaban J connectivity index is 4.95. The first-order valence-electron chi connectivity index (χ1n) is 36.6. The van der Waals surface area contributed by atoms with E-state index in [1.807, 2.05) is 0 Å². The van der Waals surface area contributed by atoms with Gasteiger partial charge < -0.3 is 0 Å². The lowest BCUT2D eigenvalue weighted by Gasteiger charge is -2.28. The maximum Gasteiger partial charge on any atom is 0.0594 e. The second-order valence-electron chi connectivity index (χ2n) is 25.8. The van der Waals surface area contributed by atoms with Crippen molar-refractivity contribution in [2.24, 2.45) is 0 Å². The van der Waals surface area contributed by atoms with Crippen LogP contribution in [-0.2, 0) is 0 Å². The molecule has 1 heteroatoms. The molecule has 0 spiro atoms. The monoisotopic (exact) mass is 1060 g/mol. The molecule has 0 heterocycles. The van der Waals surface area contributed by atoms with Gasteiger partial charge in [0.25, 0.3) is 0 Å². The van der Waals surface area contributed by atoms with E-state index in [9.17, 15) is 0 Å². The van der Waals surface area contributed by atoms with Crippen LogP contribution in [0.4, 0.5) is 0 Å². The van der Waals surface area contributed by atoms with Crippen molar-refractivity contribution in [3.05, 3.63) is 0 Å². The van der Waals surface area contributed by atoms with Crippen LogP contribution in [0.3, 0.4) is 0 Å². The Morgan fingerprint density at radius 3 is 0.284 bits per heavy atom. The molecular formula is C73H150P+. The predicted molar refractivity (Wildman–Crippen MR) is 349 cm³/mol. The normalized spacial score (nSPS) is 12.0. The van der Waals surface area contributed by atoms with E-state index in [0.29, 0.717) is 0 Å². The zero-order valence-corrected chi connectivity index (χ0v) is 54.1. The van der Waals surface area contributed by atoms with Crippen molar-refractivity contribution in [2.45, 2.75) is 445 Å². The minimum Gasteiger partial charge on any atom is -0.0654 e. The summed E-state index contributed by atoms with van der Waals surface area (Å²) in [6, 6.07) is 0. The van der Waals surface area contributed by atoms with Gasteiger partial charge in [-0.25, -0.2) is 0 Å². The summed E-state index contributed by atoms with van der Waals surface area (Å²) in [5.41, 5.74) is 0. The highest BCUT2D eigenvalue weighted by Crippen LogP contribution is 2.61. The van der Waals surface area contributed by atoms with Gasteiger partial charge in [0.15, 0.2) is 0 Å². The Bertz CT molecular complexity index is 847. The van der Waals surface area contributed by atoms with Gasteiger partial charge in [-0.3, -0.25) is 0 Å². The van der Waals surface area contributed by atoms with Crippen molar-refractivity contribution in [1.82, 2.24) is 0 Å². The summed E-state index contributed by atoms with van der Waals surface area (Å²) in [7, 11) is -0.850. The maximum atomic E-state index is 2.34. The standard InChI is InChI=1S/C73H150P/c1-5-9-13-17-21-25-29-33-37-40-43-47-51-55-59-63-67-71-74(70-66-62-58-54-50-46-36-32-28-24-20-16-12-8-4,72-68-64-60-56-52-48-44-41-38-34-30-26-22-18-14-10-6-2)73-69-65-61-57-53-49-45-42-39-35-31-27-23-19-15-11-7-3/h5-73H2,1-4H3/q+1. The molecular weight excluding hydrogens is 908 g/mol. The fraction of sp³-hybridized carbons (Fsp3) is 1.00. The summed E-state index contributed by atoms with van der Waals surface area (Å²) in [4.78, 5) is 0. The second kappa shape index (κ2) is 67.7. The third-order valence-corrected chi connectivity index (χ3v) is 23.3. The van der Waals surface area contributed by atoms with Crippen molar-refractivity contribution in [3.8, 4) is 0 Å². The molecule has 0 unspecified atom stereocenters. The SMILES string of the molecule is CCCCCCCCCCCCCCCCCCC[P+](CCCCCCCCCCCCCCCC)(CCCCCCCCCCCCCCCCCCC)CCCCCCCCCCCCCCCCCCC. The topological polar surface area (TPSA) is 0 Å². The first kappa shape index (κ1) is 74.4. The molecule has 0 saturated carbocycles. The van der Waals surface area contributed by atoms with E-state index < -0.39 is 7.26 Å². The van der Waals surface area contributed by atoms with E-state index in [1.165, 1.54) is 392 Å². The summed E-state index contributed by atoms with van der Waals surface area (Å²) in [5.74, 6) is 0. The fourth-order valence-corrected chi connectivity index (χ4v) is 17.7. The molecule has 446 valence electrons. The van der Waals surface area contributed by atoms with Crippen molar-refractivity contribution < 1.29 is 0 Å². The van der Waals surface area contributed by atoms with Crippen LogP contribution in [0, 0.1) is 0 Å². The lowest BCUT2D eigenvalue weighted by atomic mass is 10.0. The van der Waals surface area contributed by atoms with Crippen LogP contribution in [0.5, 0.6) is 0 Å². The highest BCUT2D eigenvalue weighted by atomic mass is 31.2. The molecule has 0 aliphatic rings. The molecule has 0 saturated heterocycles. The van der Waals surface area contributed by atoms with Crippen LogP contribution in [0.15, 0.2) is 0 Å². The third kappa shape index (κ3) is 61.6. The second-order valence-corrected chi connectivity index (χ2v) is 30.3. The fourth-order valence-electron chi connectivity index (χ4n) is 12.8. The Hall–Kier alpha value is 0.430. The van der Waals surface area contributed by atoms with Gasteiger partial charge in [-0.2, -0.15) is 0 Å². The van der Waals surface area contributed by atoms with Crippen LogP contribution in [0.25, 0.3) is 0 Å². The average molecular weight is 1060 g/mol. The van der Waals surface area contributed by atoms with Gasteiger partial charge in [0.2, 0.25) is 0 Å². The first-order chi connectivity index (χ1) is 36.7. The van der Waals surface area contributed by atoms with Crippen molar-refractivity contribution in [1.29, 1.82) is 0 Å². The third-order valence-electron chi connectivity index (χ3n) is 18.2. The summed E-state index contributed by atoms with van der Waals surface area (Å²) in [6.45, 7) is 9.34. The van der Waals surface area contributed by atoms with Gasteiger partial charge >= 0.3 is 0 Å². The minimum absolute atomic E-state index is 0.850. The molecule has 0 N–H and O–H groups in total. The molecule has 0 bridgehead atoms. The van der Waals surface area contributed by atoms with Gasteiger partial charge in [-0.15, -0.1) is 0 Å². The average Bonchev–Trinajstić information content (AvgIpc) is 3.41. The van der Waals surface area contributed by atoms with Crippen LogP contribution >= 0.6 is 7.26 Å². The Kier molecular flexibility index (Phi) is 68.1. The van der Waals surface area contributed by atoms with E-state index in [4.69, 9.17) is 0 Å². The Morgan fingerprint density at radius 2 is 0.189 bits per heavy atom. The van der Waals surface area contributed by atoms with Crippen molar-refractivity contribution >= 4 is 7.26 Å². The van der Waals surface area contributed by atoms with Gasteiger partial charge in [0.1, 0.15) is 0 Å². The molecule has 0 rings (SSSR count). The van der Waals surface area contributed by atoms with Gasteiger partial charge in [0, 0.05) is 7.26 Å². The van der Waals surface area contributed by atoms with Crippen LogP contribution in [-0.4, -0.2) is 24.6 Å². The Morgan fingerprint density at radius 1 is 0.108 bits per heavy atom. The number of hydrogen-bond donors (Lipinski definition) is 0. The molecule has 0 amide bonds. The molecule has 0 fully saturated rings. The summed E-state index contributed by atoms with van der Waals surface area (Å²) >= 11 is 0. The Labute approximate surface area is 474 Å². The van der Waals surface area contributed by atoms with Crippen LogP contribution < -0.4 is 0 Å². The highest BCUT2D eigenvalue weighted by Gasteiger charge is 2.35. The molecule has 0 aliphatic carbocycles. The molecule has 0 aliphatic heterocycles. The van der Waals surface area contributed by atoms with Crippen LogP contribution in [0.1, 0.15) is 445 Å². The molecule has 0 atom stereocenters. The van der Waals surface area contributed by atoms with E-state index in [2.05, 4.69) is 27.7 Å². The quantitative estimate of drug-likeness (QED) is 0.0421. The maximum absolute atomic E-state index is 2.34. The summed E-state index contributed by atoms with van der Waals surface area (Å²) < 4.78 is 0. The smallest absolute Gasteiger partial charge is 0.0594 e. The van der Waals surface area contributed by atoms with Gasteiger partial charge in [0.05, 0.1) is 24.6 Å². The summed E-state index contributed by atoms with van der Waals surface area (Å²) in [6.07, 6.45) is 104. The van der Waals surface area contributed by atoms with Crippen molar-refractivity contribution in [3.63, 3.8) is 0 Å². The van der Waals surface area contributed by atoms with Gasteiger partial charge in [-0.05, 0) is 51.4 Å². The largest absolute Gasteiger partial charge is 0.0654 e.